The number of hydrogen-bond acceptors (Lipinski definition) is 3. The smallest absolute Gasteiger partial charge is 0.318 e. The number of aliphatic carboxylic acids is 1. The maximum atomic E-state index is 11.6. The highest BCUT2D eigenvalue weighted by molar-refractivity contribution is 6.04. The first-order valence-corrected chi connectivity index (χ1v) is 5.22. The van der Waals surface area contributed by atoms with Crippen molar-refractivity contribution in [3.05, 3.63) is 35.9 Å². The number of hydrogen-bond donors (Lipinski definition) is 2. The van der Waals surface area contributed by atoms with Crippen molar-refractivity contribution in [2.24, 2.45) is 5.92 Å². The van der Waals surface area contributed by atoms with Gasteiger partial charge < -0.3 is 15.1 Å². The number of benzene rings is 1. The fourth-order valence-corrected chi connectivity index (χ4v) is 2.41. The van der Waals surface area contributed by atoms with Gasteiger partial charge in [0.1, 0.15) is 5.54 Å². The molecule has 5 nitrogen and oxygen atoms in total. The molecule has 0 aromatic heterocycles. The van der Waals surface area contributed by atoms with Crippen molar-refractivity contribution in [3.8, 4) is 0 Å². The SMILES string of the molecule is CN1C(=O)[C@@H](C(=O)O)[C@]1(CO)c1ccccc1. The molecule has 0 aliphatic carbocycles. The third-order valence-corrected chi connectivity index (χ3v) is 3.42. The first-order chi connectivity index (χ1) is 8.05. The molecule has 0 spiro atoms. The molecule has 0 unspecified atom stereocenters. The van der Waals surface area contributed by atoms with Gasteiger partial charge in [-0.1, -0.05) is 30.3 Å². The Bertz CT molecular complexity index is 459. The lowest BCUT2D eigenvalue weighted by Crippen LogP contribution is -2.71. The van der Waals surface area contributed by atoms with E-state index in [1.807, 2.05) is 0 Å². The van der Waals surface area contributed by atoms with Gasteiger partial charge in [-0.3, -0.25) is 9.59 Å². The van der Waals surface area contributed by atoms with E-state index in [0.29, 0.717) is 5.56 Å². The van der Waals surface area contributed by atoms with Gasteiger partial charge in [-0.25, -0.2) is 0 Å². The zero-order valence-corrected chi connectivity index (χ0v) is 9.33. The lowest BCUT2D eigenvalue weighted by atomic mass is 9.69. The minimum Gasteiger partial charge on any atom is -0.481 e. The van der Waals surface area contributed by atoms with Gasteiger partial charge in [0.2, 0.25) is 5.91 Å². The van der Waals surface area contributed by atoms with Crippen LogP contribution in [-0.2, 0) is 15.1 Å². The molecule has 1 heterocycles. The molecule has 1 aromatic carbocycles. The Morgan fingerprint density at radius 1 is 1.41 bits per heavy atom. The molecule has 1 aliphatic rings. The number of likely N-dealkylation sites (N-methyl/N-ethyl adjacent to an activating group) is 1. The van der Waals surface area contributed by atoms with Gasteiger partial charge in [-0.15, -0.1) is 0 Å². The van der Waals surface area contributed by atoms with E-state index in [9.17, 15) is 14.7 Å². The second-order valence-electron chi connectivity index (χ2n) is 4.12. The fourth-order valence-electron chi connectivity index (χ4n) is 2.41. The van der Waals surface area contributed by atoms with Crippen LogP contribution in [0.3, 0.4) is 0 Å². The summed E-state index contributed by atoms with van der Waals surface area (Å²) in [6.07, 6.45) is 0. The van der Waals surface area contributed by atoms with Crippen LogP contribution >= 0.6 is 0 Å². The molecule has 2 N–H and O–H groups in total. The van der Waals surface area contributed by atoms with Crippen LogP contribution in [0.5, 0.6) is 0 Å². The van der Waals surface area contributed by atoms with Crippen molar-refractivity contribution in [2.45, 2.75) is 5.54 Å². The Kier molecular flexibility index (Phi) is 2.63. The predicted molar refractivity (Wildman–Crippen MR) is 59.1 cm³/mol. The molecule has 17 heavy (non-hydrogen) atoms. The number of nitrogens with zero attached hydrogens (tertiary/aromatic N) is 1. The molecule has 0 saturated carbocycles. The molecule has 1 aliphatic heterocycles. The van der Waals surface area contributed by atoms with E-state index in [-0.39, 0.29) is 0 Å². The number of amides is 1. The van der Waals surface area contributed by atoms with E-state index in [1.165, 1.54) is 11.9 Å². The summed E-state index contributed by atoms with van der Waals surface area (Å²) >= 11 is 0. The number of carboxylic acid groups (broad SMARTS) is 1. The standard InChI is InChI=1S/C12H13NO4/c1-13-10(15)9(11(16)17)12(13,7-14)8-5-3-2-4-6-8/h2-6,9,14H,7H2,1H3,(H,16,17)/t9-,12-/m0/s1. The van der Waals surface area contributed by atoms with Gasteiger partial charge >= 0.3 is 5.97 Å². The third-order valence-electron chi connectivity index (χ3n) is 3.42. The summed E-state index contributed by atoms with van der Waals surface area (Å²) in [7, 11) is 1.50. The molecular formula is C12H13NO4. The van der Waals surface area contributed by atoms with Gasteiger partial charge in [0.05, 0.1) is 6.61 Å². The number of rotatable bonds is 3. The summed E-state index contributed by atoms with van der Waals surface area (Å²) in [6.45, 7) is -0.407. The number of carboxylic acids is 1. The van der Waals surface area contributed by atoms with Gasteiger partial charge in [-0.05, 0) is 5.56 Å². The zero-order chi connectivity index (χ0) is 12.6. The van der Waals surface area contributed by atoms with Crippen molar-refractivity contribution in [2.75, 3.05) is 13.7 Å². The molecule has 5 heteroatoms. The third kappa shape index (κ3) is 1.36. The predicted octanol–water partition coefficient (Wildman–Crippen LogP) is 0.0470. The highest BCUT2D eigenvalue weighted by atomic mass is 16.4. The van der Waals surface area contributed by atoms with Gasteiger partial charge in [-0.2, -0.15) is 0 Å². The summed E-state index contributed by atoms with van der Waals surface area (Å²) in [4.78, 5) is 24.0. The second-order valence-corrected chi connectivity index (χ2v) is 4.12. The Labute approximate surface area is 98.3 Å². The van der Waals surface area contributed by atoms with E-state index < -0.39 is 29.9 Å². The van der Waals surface area contributed by atoms with Crippen molar-refractivity contribution in [3.63, 3.8) is 0 Å². The molecule has 1 amide bonds. The van der Waals surface area contributed by atoms with Crippen molar-refractivity contribution < 1.29 is 19.8 Å². The highest BCUT2D eigenvalue weighted by Crippen LogP contribution is 2.44. The first-order valence-electron chi connectivity index (χ1n) is 5.22. The van der Waals surface area contributed by atoms with E-state index in [4.69, 9.17) is 5.11 Å². The first kappa shape index (κ1) is 11.6. The average Bonchev–Trinajstić information content (AvgIpc) is 2.34. The van der Waals surface area contributed by atoms with Crippen LogP contribution in [0.2, 0.25) is 0 Å². The Morgan fingerprint density at radius 3 is 2.47 bits per heavy atom. The number of aliphatic hydroxyl groups is 1. The second kappa shape index (κ2) is 3.85. The maximum absolute atomic E-state index is 11.6. The molecular weight excluding hydrogens is 222 g/mol. The van der Waals surface area contributed by atoms with Gasteiger partial charge in [0.15, 0.2) is 5.92 Å². The maximum Gasteiger partial charge on any atom is 0.318 e. The van der Waals surface area contributed by atoms with Gasteiger partial charge in [0.25, 0.3) is 0 Å². The Hall–Kier alpha value is -1.88. The summed E-state index contributed by atoms with van der Waals surface area (Å²) in [5.74, 6) is -2.89. The van der Waals surface area contributed by atoms with Gasteiger partial charge in [0, 0.05) is 7.05 Å². The van der Waals surface area contributed by atoms with Crippen LogP contribution in [0.25, 0.3) is 0 Å². The van der Waals surface area contributed by atoms with Crippen molar-refractivity contribution in [1.29, 1.82) is 0 Å². The summed E-state index contributed by atoms with van der Waals surface area (Å²) < 4.78 is 0. The minimum atomic E-state index is -1.21. The molecule has 90 valence electrons. The lowest BCUT2D eigenvalue weighted by molar-refractivity contribution is -0.186. The minimum absolute atomic E-state index is 0.407. The van der Waals surface area contributed by atoms with E-state index in [2.05, 4.69) is 0 Å². The number of carbonyl (C=O) groups excluding carboxylic acids is 1. The molecule has 0 radical (unpaired) electrons. The van der Waals surface area contributed by atoms with E-state index >= 15 is 0 Å². The van der Waals surface area contributed by atoms with Crippen LogP contribution in [0.15, 0.2) is 30.3 Å². The van der Waals surface area contributed by atoms with Crippen LogP contribution in [-0.4, -0.2) is 40.6 Å². The topological polar surface area (TPSA) is 77.8 Å². The number of β-lactam (4-membered cyclic amide) rings is 1. The molecule has 2 rings (SSSR count). The average molecular weight is 235 g/mol. The molecule has 1 aromatic rings. The lowest BCUT2D eigenvalue weighted by Gasteiger charge is -2.53. The van der Waals surface area contributed by atoms with E-state index in [1.54, 1.807) is 30.3 Å². The molecule has 1 saturated heterocycles. The fraction of sp³-hybridized carbons (Fsp3) is 0.333. The number of likely N-dealkylation sites (tertiary alicyclic amines) is 1. The van der Waals surface area contributed by atoms with Crippen molar-refractivity contribution in [1.82, 2.24) is 4.90 Å². The normalized spacial score (nSPS) is 27.8. The number of carbonyl (C=O) groups is 2. The largest absolute Gasteiger partial charge is 0.481 e. The van der Waals surface area contributed by atoms with Crippen LogP contribution in [0, 0.1) is 5.92 Å². The molecule has 2 atom stereocenters. The summed E-state index contributed by atoms with van der Waals surface area (Å²) in [5, 5.41) is 18.6. The zero-order valence-electron chi connectivity index (χ0n) is 9.33. The molecule has 0 bridgehead atoms. The summed E-state index contributed by atoms with van der Waals surface area (Å²) in [6, 6.07) is 8.74. The molecule has 1 fully saturated rings. The Morgan fingerprint density at radius 2 is 2.00 bits per heavy atom. The Balaban J connectivity index is 2.51. The quantitative estimate of drug-likeness (QED) is 0.573. The van der Waals surface area contributed by atoms with Crippen LogP contribution < -0.4 is 0 Å². The summed E-state index contributed by atoms with van der Waals surface area (Å²) in [5.41, 5.74) is -0.499. The monoisotopic (exact) mass is 235 g/mol. The highest BCUT2D eigenvalue weighted by Gasteiger charge is 2.62. The number of aliphatic hydroxyl groups excluding tert-OH is 1. The van der Waals surface area contributed by atoms with Crippen LogP contribution in [0.1, 0.15) is 5.56 Å². The van der Waals surface area contributed by atoms with Crippen LogP contribution in [0.4, 0.5) is 0 Å². The van der Waals surface area contributed by atoms with Crippen molar-refractivity contribution >= 4 is 11.9 Å². The van der Waals surface area contributed by atoms with E-state index in [0.717, 1.165) is 0 Å².